The van der Waals surface area contributed by atoms with E-state index in [1.54, 1.807) is 18.2 Å². The van der Waals surface area contributed by atoms with Gasteiger partial charge in [0.15, 0.2) is 0 Å². The number of amides is 1. The highest BCUT2D eigenvalue weighted by molar-refractivity contribution is 6.43. The molecule has 2 nitrogen and oxygen atoms in total. The smallest absolute Gasteiger partial charge is 0.228 e. The summed E-state index contributed by atoms with van der Waals surface area (Å²) in [6.45, 7) is 2.10. The Morgan fingerprint density at radius 3 is 2.35 bits per heavy atom. The van der Waals surface area contributed by atoms with E-state index < -0.39 is 0 Å². The molecule has 0 unspecified atom stereocenters. The van der Waals surface area contributed by atoms with Gasteiger partial charge in [-0.05, 0) is 29.7 Å². The predicted molar refractivity (Wildman–Crippen MR) is 84.6 cm³/mol. The van der Waals surface area contributed by atoms with Crippen molar-refractivity contribution < 1.29 is 4.79 Å². The number of hydrogen-bond acceptors (Lipinski definition) is 1. The zero-order valence-corrected chi connectivity index (χ0v) is 12.6. The third-order valence-electron chi connectivity index (χ3n) is 3.02. The van der Waals surface area contributed by atoms with Crippen LogP contribution in [0.5, 0.6) is 0 Å². The van der Waals surface area contributed by atoms with Crippen LogP contribution in [0.3, 0.4) is 0 Å². The van der Waals surface area contributed by atoms with E-state index in [-0.39, 0.29) is 5.91 Å². The Morgan fingerprint density at radius 1 is 1.05 bits per heavy atom. The van der Waals surface area contributed by atoms with Crippen molar-refractivity contribution in [2.75, 3.05) is 5.32 Å². The summed E-state index contributed by atoms with van der Waals surface area (Å²) in [6, 6.07) is 13.2. The molecule has 2 aromatic carbocycles. The first-order valence-electron chi connectivity index (χ1n) is 6.42. The van der Waals surface area contributed by atoms with E-state index in [1.807, 2.05) is 24.3 Å². The van der Waals surface area contributed by atoms with Gasteiger partial charge in [-0.1, -0.05) is 60.5 Å². The summed E-state index contributed by atoms with van der Waals surface area (Å²) in [4.78, 5) is 12.0. The molecule has 0 aliphatic rings. The first kappa shape index (κ1) is 14.9. The van der Waals surface area contributed by atoms with Crippen LogP contribution in [0.4, 0.5) is 5.69 Å². The molecule has 1 amide bonds. The molecule has 0 saturated carbocycles. The molecular formula is C16H15Cl2NO. The Kier molecular flexibility index (Phi) is 5.05. The van der Waals surface area contributed by atoms with Gasteiger partial charge in [-0.2, -0.15) is 0 Å². The Labute approximate surface area is 128 Å². The van der Waals surface area contributed by atoms with Crippen molar-refractivity contribution >= 4 is 34.8 Å². The molecule has 2 aromatic rings. The van der Waals surface area contributed by atoms with Crippen molar-refractivity contribution in [3.8, 4) is 0 Å². The lowest BCUT2D eigenvalue weighted by Gasteiger charge is -2.08. The zero-order valence-electron chi connectivity index (χ0n) is 11.1. The fraction of sp³-hybridized carbons (Fsp3) is 0.188. The van der Waals surface area contributed by atoms with Crippen LogP contribution < -0.4 is 5.32 Å². The summed E-state index contributed by atoms with van der Waals surface area (Å²) in [5.74, 6) is -0.113. The molecule has 0 bridgehead atoms. The molecule has 0 radical (unpaired) electrons. The Balaban J connectivity index is 2.03. The molecule has 0 atom stereocenters. The number of nitrogens with one attached hydrogen (secondary N) is 1. The molecule has 1 N–H and O–H groups in total. The van der Waals surface area contributed by atoms with Crippen LogP contribution in [-0.4, -0.2) is 5.91 Å². The quantitative estimate of drug-likeness (QED) is 0.868. The first-order chi connectivity index (χ1) is 9.60. The van der Waals surface area contributed by atoms with E-state index in [9.17, 15) is 4.79 Å². The lowest BCUT2D eigenvalue weighted by atomic mass is 10.1. The van der Waals surface area contributed by atoms with E-state index in [0.717, 1.165) is 12.0 Å². The first-order valence-corrected chi connectivity index (χ1v) is 7.17. The topological polar surface area (TPSA) is 29.1 Å². The van der Waals surface area contributed by atoms with Gasteiger partial charge < -0.3 is 5.32 Å². The monoisotopic (exact) mass is 307 g/mol. The van der Waals surface area contributed by atoms with Gasteiger partial charge in [-0.3, -0.25) is 4.79 Å². The molecule has 20 heavy (non-hydrogen) atoms. The predicted octanol–water partition coefficient (Wildman–Crippen LogP) is 4.74. The number of halogens is 2. The van der Waals surface area contributed by atoms with E-state index in [1.165, 1.54) is 5.56 Å². The third kappa shape index (κ3) is 3.75. The highest BCUT2D eigenvalue weighted by Gasteiger charge is 2.08. The van der Waals surface area contributed by atoms with Crippen molar-refractivity contribution in [2.24, 2.45) is 0 Å². The summed E-state index contributed by atoms with van der Waals surface area (Å²) in [7, 11) is 0. The highest BCUT2D eigenvalue weighted by Crippen LogP contribution is 2.29. The molecule has 0 fully saturated rings. The van der Waals surface area contributed by atoms with Gasteiger partial charge in [0.2, 0.25) is 5.91 Å². The zero-order chi connectivity index (χ0) is 14.5. The average Bonchev–Trinajstić information content (AvgIpc) is 2.45. The Morgan fingerprint density at radius 2 is 1.70 bits per heavy atom. The van der Waals surface area contributed by atoms with Crippen molar-refractivity contribution in [1.29, 1.82) is 0 Å². The molecule has 0 spiro atoms. The largest absolute Gasteiger partial charge is 0.324 e. The van der Waals surface area contributed by atoms with Crippen molar-refractivity contribution in [3.63, 3.8) is 0 Å². The van der Waals surface area contributed by atoms with E-state index in [0.29, 0.717) is 22.2 Å². The molecule has 0 heterocycles. The molecular weight excluding hydrogens is 293 g/mol. The van der Waals surface area contributed by atoms with Crippen molar-refractivity contribution in [3.05, 3.63) is 63.6 Å². The SMILES string of the molecule is CCc1ccc(CC(=O)Nc2cccc(Cl)c2Cl)cc1. The lowest BCUT2D eigenvalue weighted by molar-refractivity contribution is -0.115. The maximum absolute atomic E-state index is 12.0. The summed E-state index contributed by atoms with van der Waals surface area (Å²) < 4.78 is 0. The minimum Gasteiger partial charge on any atom is -0.324 e. The number of benzene rings is 2. The highest BCUT2D eigenvalue weighted by atomic mass is 35.5. The maximum Gasteiger partial charge on any atom is 0.228 e. The second-order valence-corrected chi connectivity index (χ2v) is 5.28. The van der Waals surface area contributed by atoms with Crippen LogP contribution in [0.2, 0.25) is 10.0 Å². The van der Waals surface area contributed by atoms with Gasteiger partial charge in [-0.15, -0.1) is 0 Å². The second-order valence-electron chi connectivity index (χ2n) is 4.50. The van der Waals surface area contributed by atoms with Gasteiger partial charge in [0, 0.05) is 0 Å². The summed E-state index contributed by atoms with van der Waals surface area (Å²) in [6.07, 6.45) is 1.30. The van der Waals surface area contributed by atoms with Crippen LogP contribution in [-0.2, 0) is 17.6 Å². The fourth-order valence-corrected chi connectivity index (χ4v) is 2.22. The minimum absolute atomic E-state index is 0.113. The number of rotatable bonds is 4. The standard InChI is InChI=1S/C16H15Cl2NO/c1-2-11-6-8-12(9-7-11)10-15(20)19-14-5-3-4-13(17)16(14)18/h3-9H,2,10H2,1H3,(H,19,20). The summed E-state index contributed by atoms with van der Waals surface area (Å²) in [5.41, 5.74) is 2.76. The van der Waals surface area contributed by atoms with Crippen LogP contribution >= 0.6 is 23.2 Å². The van der Waals surface area contributed by atoms with E-state index in [2.05, 4.69) is 12.2 Å². The third-order valence-corrected chi connectivity index (χ3v) is 3.84. The van der Waals surface area contributed by atoms with Gasteiger partial charge >= 0.3 is 0 Å². The lowest BCUT2D eigenvalue weighted by Crippen LogP contribution is -2.14. The van der Waals surface area contributed by atoms with Crippen LogP contribution in [0.25, 0.3) is 0 Å². The molecule has 104 valence electrons. The number of anilines is 1. The molecule has 0 saturated heterocycles. The molecule has 0 aromatic heterocycles. The molecule has 0 aliphatic carbocycles. The molecule has 0 aliphatic heterocycles. The second kappa shape index (κ2) is 6.78. The van der Waals surface area contributed by atoms with Crippen LogP contribution in [0.1, 0.15) is 18.1 Å². The van der Waals surface area contributed by atoms with E-state index >= 15 is 0 Å². The van der Waals surface area contributed by atoms with Gasteiger partial charge in [0.05, 0.1) is 22.2 Å². The molecule has 4 heteroatoms. The number of carbonyl (C=O) groups excluding carboxylic acids is 1. The van der Waals surface area contributed by atoms with Gasteiger partial charge in [-0.25, -0.2) is 0 Å². The fourth-order valence-electron chi connectivity index (χ4n) is 1.87. The van der Waals surface area contributed by atoms with Crippen molar-refractivity contribution in [1.82, 2.24) is 0 Å². The number of carbonyl (C=O) groups is 1. The van der Waals surface area contributed by atoms with Gasteiger partial charge in [0.1, 0.15) is 0 Å². The van der Waals surface area contributed by atoms with Gasteiger partial charge in [0.25, 0.3) is 0 Å². The molecule has 2 rings (SSSR count). The number of hydrogen-bond donors (Lipinski definition) is 1. The summed E-state index contributed by atoms with van der Waals surface area (Å²) >= 11 is 11.9. The number of aryl methyl sites for hydroxylation is 1. The minimum atomic E-state index is -0.113. The van der Waals surface area contributed by atoms with E-state index in [4.69, 9.17) is 23.2 Å². The Hall–Kier alpha value is -1.51. The van der Waals surface area contributed by atoms with Crippen LogP contribution in [0, 0.1) is 0 Å². The average molecular weight is 308 g/mol. The normalized spacial score (nSPS) is 10.3. The summed E-state index contributed by atoms with van der Waals surface area (Å²) in [5, 5.41) is 3.57. The Bertz CT molecular complexity index is 608. The van der Waals surface area contributed by atoms with Crippen LogP contribution in [0.15, 0.2) is 42.5 Å². The maximum atomic E-state index is 12.0. The van der Waals surface area contributed by atoms with Crippen molar-refractivity contribution in [2.45, 2.75) is 19.8 Å².